The van der Waals surface area contributed by atoms with Gasteiger partial charge in [0.15, 0.2) is 5.13 Å². The minimum atomic E-state index is -0.548. The second kappa shape index (κ2) is 7.73. The molecule has 0 saturated heterocycles. The first-order chi connectivity index (χ1) is 10.9. The first kappa shape index (κ1) is 17.7. The van der Waals surface area contributed by atoms with Crippen LogP contribution in [0.3, 0.4) is 0 Å². The van der Waals surface area contributed by atoms with Gasteiger partial charge in [0.2, 0.25) is 5.91 Å². The van der Waals surface area contributed by atoms with Gasteiger partial charge in [-0.05, 0) is 31.6 Å². The van der Waals surface area contributed by atoms with Gasteiger partial charge in [-0.3, -0.25) is 14.5 Å². The van der Waals surface area contributed by atoms with Crippen LogP contribution in [0.5, 0.6) is 0 Å². The number of carbonyl (C=O) groups is 2. The average Bonchev–Trinajstić information content (AvgIpc) is 2.92. The zero-order valence-corrected chi connectivity index (χ0v) is 14.9. The second-order valence-corrected chi connectivity index (χ2v) is 7.30. The molecule has 1 heterocycles. The highest BCUT2D eigenvalue weighted by Gasteiger charge is 2.30. The summed E-state index contributed by atoms with van der Waals surface area (Å²) in [6.45, 7) is 9.44. The largest absolute Gasteiger partial charge is 0.344 e. The van der Waals surface area contributed by atoms with Gasteiger partial charge < -0.3 is 5.32 Å². The molecule has 0 fully saturated rings. The number of aryl methyl sites for hydroxylation is 2. The maximum atomic E-state index is 13.0. The molecular weight excluding hydrogens is 310 g/mol. The van der Waals surface area contributed by atoms with Gasteiger partial charge >= 0.3 is 0 Å². The van der Waals surface area contributed by atoms with Crippen molar-refractivity contribution in [2.45, 2.75) is 52.5 Å². The third-order valence-corrected chi connectivity index (χ3v) is 5.11. The van der Waals surface area contributed by atoms with Gasteiger partial charge in [0, 0.05) is 18.3 Å². The number of amides is 2. The molecule has 1 aromatic rings. The maximum Gasteiger partial charge on any atom is 0.251 e. The highest BCUT2D eigenvalue weighted by Crippen LogP contribution is 2.32. The minimum absolute atomic E-state index is 0.00769. The molecule has 1 aliphatic rings. The van der Waals surface area contributed by atoms with Crippen molar-refractivity contribution in [1.29, 1.82) is 0 Å². The molecule has 1 unspecified atom stereocenters. The van der Waals surface area contributed by atoms with Gasteiger partial charge in [-0.15, -0.1) is 17.9 Å². The quantitative estimate of drug-likeness (QED) is 0.813. The van der Waals surface area contributed by atoms with Crippen molar-refractivity contribution < 1.29 is 9.59 Å². The van der Waals surface area contributed by atoms with Crippen molar-refractivity contribution in [3.05, 3.63) is 23.2 Å². The van der Waals surface area contributed by atoms with Crippen molar-refractivity contribution >= 4 is 28.3 Å². The fourth-order valence-electron chi connectivity index (χ4n) is 2.75. The topological polar surface area (TPSA) is 62.3 Å². The average molecular weight is 335 g/mol. The summed E-state index contributed by atoms with van der Waals surface area (Å²) in [5, 5.41) is 3.48. The van der Waals surface area contributed by atoms with Crippen LogP contribution in [0.4, 0.5) is 5.13 Å². The van der Waals surface area contributed by atoms with Gasteiger partial charge in [-0.1, -0.05) is 19.9 Å². The second-order valence-electron chi connectivity index (χ2n) is 6.23. The number of fused-ring (bicyclic) bond motifs is 1. The Morgan fingerprint density at radius 3 is 2.65 bits per heavy atom. The number of thiazole rings is 1. The third-order valence-electron chi connectivity index (χ3n) is 3.93. The molecule has 0 spiro atoms. The number of anilines is 1. The van der Waals surface area contributed by atoms with E-state index in [4.69, 9.17) is 0 Å². The van der Waals surface area contributed by atoms with Crippen molar-refractivity contribution in [3.63, 3.8) is 0 Å². The molecule has 1 atom stereocenters. The normalized spacial score (nSPS) is 15.0. The smallest absolute Gasteiger partial charge is 0.251 e. The predicted octanol–water partition coefficient (Wildman–Crippen LogP) is 2.70. The molecule has 1 aliphatic carbocycles. The summed E-state index contributed by atoms with van der Waals surface area (Å²) in [6.07, 6.45) is 6.07. The van der Waals surface area contributed by atoms with E-state index in [-0.39, 0.29) is 17.7 Å². The number of carbonyl (C=O) groups excluding carboxylic acids is 2. The highest BCUT2D eigenvalue weighted by atomic mass is 32.1. The fourth-order valence-corrected chi connectivity index (χ4v) is 3.91. The maximum absolute atomic E-state index is 13.0. The Kier molecular flexibility index (Phi) is 5.93. The number of nitrogens with zero attached hydrogens (tertiary/aromatic N) is 2. The van der Waals surface area contributed by atoms with E-state index in [1.807, 2.05) is 13.8 Å². The molecule has 2 rings (SSSR count). The SMILES string of the molecule is C=CCN(C(=O)C(NC(C)=O)C(C)C)c1nc2c(s1)CCCC2. The molecule has 6 heteroatoms. The van der Waals surface area contributed by atoms with Crippen LogP contribution in [-0.4, -0.2) is 29.4 Å². The van der Waals surface area contributed by atoms with Gasteiger partial charge in [0.25, 0.3) is 5.91 Å². The Morgan fingerprint density at radius 1 is 1.39 bits per heavy atom. The molecular formula is C17H25N3O2S. The summed E-state index contributed by atoms with van der Waals surface area (Å²) in [5.74, 6) is -0.316. The number of hydrogen-bond acceptors (Lipinski definition) is 4. The summed E-state index contributed by atoms with van der Waals surface area (Å²) in [5.41, 5.74) is 1.12. The molecule has 0 bridgehead atoms. The van der Waals surface area contributed by atoms with E-state index in [9.17, 15) is 9.59 Å². The van der Waals surface area contributed by atoms with Gasteiger partial charge in [-0.25, -0.2) is 4.98 Å². The Labute approximate surface area is 141 Å². The summed E-state index contributed by atoms with van der Waals surface area (Å²) < 4.78 is 0. The standard InChI is InChI=1S/C17H25N3O2S/c1-5-10-20(16(22)15(11(2)3)18-12(4)21)17-19-13-8-6-7-9-14(13)23-17/h5,11,15H,1,6-10H2,2-4H3,(H,18,21). The van der Waals surface area contributed by atoms with Crippen molar-refractivity contribution in [3.8, 4) is 0 Å². The van der Waals surface area contributed by atoms with Crippen LogP contribution < -0.4 is 10.2 Å². The van der Waals surface area contributed by atoms with Gasteiger partial charge in [0.05, 0.1) is 5.69 Å². The minimum Gasteiger partial charge on any atom is -0.344 e. The van der Waals surface area contributed by atoms with Crippen molar-refractivity contribution in [2.75, 3.05) is 11.4 Å². The molecule has 1 aromatic heterocycles. The molecule has 5 nitrogen and oxygen atoms in total. The zero-order chi connectivity index (χ0) is 17.0. The fraction of sp³-hybridized carbons (Fsp3) is 0.588. The van der Waals surface area contributed by atoms with Gasteiger partial charge in [0.1, 0.15) is 6.04 Å². The van der Waals surface area contributed by atoms with Crippen LogP contribution in [0.2, 0.25) is 0 Å². The van der Waals surface area contributed by atoms with Crippen molar-refractivity contribution in [1.82, 2.24) is 10.3 Å². The van der Waals surface area contributed by atoms with E-state index < -0.39 is 6.04 Å². The molecule has 23 heavy (non-hydrogen) atoms. The number of hydrogen-bond donors (Lipinski definition) is 1. The summed E-state index contributed by atoms with van der Waals surface area (Å²) in [7, 11) is 0. The van der Waals surface area contributed by atoms with E-state index >= 15 is 0 Å². The first-order valence-electron chi connectivity index (χ1n) is 8.12. The monoisotopic (exact) mass is 335 g/mol. The Hall–Kier alpha value is -1.69. The summed E-state index contributed by atoms with van der Waals surface area (Å²) in [4.78, 5) is 32.0. The van der Waals surface area contributed by atoms with Crippen molar-refractivity contribution in [2.24, 2.45) is 5.92 Å². The van der Waals surface area contributed by atoms with Gasteiger partial charge in [-0.2, -0.15) is 0 Å². The summed E-state index contributed by atoms with van der Waals surface area (Å²) >= 11 is 1.59. The van der Waals surface area contributed by atoms with Crippen LogP contribution in [0.15, 0.2) is 12.7 Å². The lowest BCUT2D eigenvalue weighted by molar-refractivity contribution is -0.127. The zero-order valence-electron chi connectivity index (χ0n) is 14.1. The molecule has 2 amide bonds. The molecule has 1 N–H and O–H groups in total. The number of aromatic nitrogens is 1. The molecule has 0 aliphatic heterocycles. The van der Waals surface area contributed by atoms with E-state index in [0.717, 1.165) is 30.1 Å². The summed E-state index contributed by atoms with van der Waals surface area (Å²) in [6, 6.07) is -0.548. The van der Waals surface area contributed by atoms with Crippen LogP contribution in [0.1, 0.15) is 44.2 Å². The van der Waals surface area contributed by atoms with Crippen LogP contribution in [0, 0.1) is 5.92 Å². The molecule has 0 saturated carbocycles. The molecule has 126 valence electrons. The van der Waals surface area contributed by atoms with E-state index in [1.165, 1.54) is 18.2 Å². The van der Waals surface area contributed by atoms with E-state index in [2.05, 4.69) is 16.9 Å². The Bertz CT molecular complexity index is 571. The first-order valence-corrected chi connectivity index (χ1v) is 8.93. The molecule has 0 radical (unpaired) electrons. The van der Waals surface area contributed by atoms with Crippen LogP contribution >= 0.6 is 11.3 Å². The van der Waals surface area contributed by atoms with E-state index in [0.29, 0.717) is 6.54 Å². The van der Waals surface area contributed by atoms with Crippen LogP contribution in [-0.2, 0) is 22.4 Å². The number of rotatable bonds is 6. The lowest BCUT2D eigenvalue weighted by Crippen LogP contribution is -2.51. The lowest BCUT2D eigenvalue weighted by Gasteiger charge is -2.27. The molecule has 0 aromatic carbocycles. The third kappa shape index (κ3) is 4.19. The number of nitrogens with one attached hydrogen (secondary N) is 1. The van der Waals surface area contributed by atoms with Crippen LogP contribution in [0.25, 0.3) is 0 Å². The predicted molar refractivity (Wildman–Crippen MR) is 93.7 cm³/mol. The highest BCUT2D eigenvalue weighted by molar-refractivity contribution is 7.16. The Balaban J connectivity index is 2.28. The Morgan fingerprint density at radius 2 is 2.09 bits per heavy atom. The lowest BCUT2D eigenvalue weighted by atomic mass is 10.0. The van der Waals surface area contributed by atoms with E-state index in [1.54, 1.807) is 22.3 Å².